The number of furan rings is 1. The van der Waals surface area contributed by atoms with Crippen molar-refractivity contribution in [1.82, 2.24) is 10.6 Å². The summed E-state index contributed by atoms with van der Waals surface area (Å²) in [5.74, 6) is 0.750. The molecule has 1 aliphatic carbocycles. The van der Waals surface area contributed by atoms with Crippen LogP contribution in [-0.4, -0.2) is 6.03 Å². The summed E-state index contributed by atoms with van der Waals surface area (Å²) in [7, 11) is 0. The van der Waals surface area contributed by atoms with Gasteiger partial charge in [-0.1, -0.05) is 30.3 Å². The standard InChI is InChI=1S/C15H16N2O2/c18-14(16-11-13-7-4-10-19-13)17-15(8-9-15)12-5-2-1-3-6-12/h1-7,10H,8-9,11H2,(H2,16,17,18). The van der Waals surface area contributed by atoms with Crippen molar-refractivity contribution in [2.45, 2.75) is 24.9 Å². The van der Waals surface area contributed by atoms with Crippen molar-refractivity contribution in [3.05, 3.63) is 60.1 Å². The molecule has 19 heavy (non-hydrogen) atoms. The maximum absolute atomic E-state index is 11.9. The SMILES string of the molecule is O=C(NCc1ccco1)NC1(c2ccccc2)CC1. The van der Waals surface area contributed by atoms with E-state index in [4.69, 9.17) is 4.42 Å². The Morgan fingerprint density at radius 3 is 2.58 bits per heavy atom. The van der Waals surface area contributed by atoms with Gasteiger partial charge < -0.3 is 15.1 Å². The van der Waals surface area contributed by atoms with E-state index in [1.165, 1.54) is 5.56 Å². The van der Waals surface area contributed by atoms with Crippen LogP contribution in [0, 0.1) is 0 Å². The van der Waals surface area contributed by atoms with E-state index in [1.54, 1.807) is 12.3 Å². The number of rotatable bonds is 4. The number of benzene rings is 1. The molecule has 0 saturated heterocycles. The Morgan fingerprint density at radius 2 is 1.95 bits per heavy atom. The fourth-order valence-corrected chi connectivity index (χ4v) is 2.21. The highest BCUT2D eigenvalue weighted by atomic mass is 16.3. The summed E-state index contributed by atoms with van der Waals surface area (Å²) in [6.45, 7) is 0.406. The molecule has 1 fully saturated rings. The fourth-order valence-electron chi connectivity index (χ4n) is 2.21. The predicted molar refractivity (Wildman–Crippen MR) is 71.4 cm³/mol. The second-order valence-corrected chi connectivity index (χ2v) is 4.84. The number of amides is 2. The molecule has 0 bridgehead atoms. The molecule has 1 aromatic carbocycles. The molecule has 0 aliphatic heterocycles. The maximum Gasteiger partial charge on any atom is 0.315 e. The van der Waals surface area contributed by atoms with Crippen LogP contribution in [0.3, 0.4) is 0 Å². The van der Waals surface area contributed by atoms with Crippen molar-refractivity contribution in [2.75, 3.05) is 0 Å². The largest absolute Gasteiger partial charge is 0.467 e. The summed E-state index contributed by atoms with van der Waals surface area (Å²) in [5.41, 5.74) is 0.997. The van der Waals surface area contributed by atoms with Gasteiger partial charge in [-0.25, -0.2) is 4.79 Å². The van der Waals surface area contributed by atoms with Gasteiger partial charge in [0.25, 0.3) is 0 Å². The highest BCUT2D eigenvalue weighted by molar-refractivity contribution is 5.75. The van der Waals surface area contributed by atoms with Gasteiger partial charge in [0.15, 0.2) is 0 Å². The molecule has 0 atom stereocenters. The summed E-state index contributed by atoms with van der Waals surface area (Å²) in [6.07, 6.45) is 3.58. The molecule has 3 rings (SSSR count). The first kappa shape index (κ1) is 11.8. The van der Waals surface area contributed by atoms with E-state index in [-0.39, 0.29) is 11.6 Å². The number of nitrogens with one attached hydrogen (secondary N) is 2. The highest BCUT2D eigenvalue weighted by Gasteiger charge is 2.45. The van der Waals surface area contributed by atoms with Gasteiger partial charge in [0, 0.05) is 0 Å². The molecule has 2 N–H and O–H groups in total. The van der Waals surface area contributed by atoms with Gasteiger partial charge in [-0.15, -0.1) is 0 Å². The lowest BCUT2D eigenvalue weighted by Crippen LogP contribution is -2.41. The van der Waals surface area contributed by atoms with Gasteiger partial charge in [0.1, 0.15) is 5.76 Å². The van der Waals surface area contributed by atoms with Crippen LogP contribution in [0.2, 0.25) is 0 Å². The van der Waals surface area contributed by atoms with E-state index >= 15 is 0 Å². The minimum Gasteiger partial charge on any atom is -0.467 e. The van der Waals surface area contributed by atoms with Gasteiger partial charge >= 0.3 is 6.03 Å². The van der Waals surface area contributed by atoms with Crippen molar-refractivity contribution < 1.29 is 9.21 Å². The Hall–Kier alpha value is -2.23. The molecule has 4 heteroatoms. The van der Waals surface area contributed by atoms with Gasteiger partial charge in [-0.2, -0.15) is 0 Å². The summed E-state index contributed by atoms with van der Waals surface area (Å²) in [5, 5.41) is 5.86. The first-order chi connectivity index (χ1) is 9.28. The number of urea groups is 1. The zero-order valence-corrected chi connectivity index (χ0v) is 10.6. The van der Waals surface area contributed by atoms with Crippen LogP contribution in [0.5, 0.6) is 0 Å². The molecular formula is C15H16N2O2. The van der Waals surface area contributed by atoms with E-state index in [9.17, 15) is 4.79 Å². The lowest BCUT2D eigenvalue weighted by molar-refractivity contribution is 0.234. The molecule has 1 heterocycles. The van der Waals surface area contributed by atoms with Gasteiger partial charge in [-0.3, -0.25) is 0 Å². The van der Waals surface area contributed by atoms with Crippen LogP contribution in [0.15, 0.2) is 53.1 Å². The van der Waals surface area contributed by atoms with E-state index in [1.807, 2.05) is 24.3 Å². The minimum absolute atomic E-state index is 0.155. The average molecular weight is 256 g/mol. The van der Waals surface area contributed by atoms with Crippen molar-refractivity contribution in [3.63, 3.8) is 0 Å². The van der Waals surface area contributed by atoms with Crippen LogP contribution in [0.25, 0.3) is 0 Å². The Kier molecular flexibility index (Phi) is 2.99. The molecule has 0 radical (unpaired) electrons. The number of carbonyl (C=O) groups excluding carboxylic acids is 1. The van der Waals surface area contributed by atoms with Crippen molar-refractivity contribution >= 4 is 6.03 Å². The van der Waals surface area contributed by atoms with Crippen molar-refractivity contribution in [3.8, 4) is 0 Å². The van der Waals surface area contributed by atoms with Crippen LogP contribution in [0.4, 0.5) is 4.79 Å². The van der Waals surface area contributed by atoms with Crippen LogP contribution < -0.4 is 10.6 Å². The fraction of sp³-hybridized carbons (Fsp3) is 0.267. The van der Waals surface area contributed by atoms with E-state index in [0.717, 1.165) is 18.6 Å². The van der Waals surface area contributed by atoms with E-state index < -0.39 is 0 Å². The zero-order valence-electron chi connectivity index (χ0n) is 10.6. The molecular weight excluding hydrogens is 240 g/mol. The van der Waals surface area contributed by atoms with Gasteiger partial charge in [-0.05, 0) is 30.5 Å². The smallest absolute Gasteiger partial charge is 0.315 e. The molecule has 0 unspecified atom stereocenters. The number of hydrogen-bond donors (Lipinski definition) is 2. The Balaban J connectivity index is 1.58. The normalized spacial score (nSPS) is 15.8. The number of hydrogen-bond acceptors (Lipinski definition) is 2. The Morgan fingerprint density at radius 1 is 1.16 bits per heavy atom. The average Bonchev–Trinajstić information content (AvgIpc) is 3.03. The first-order valence-electron chi connectivity index (χ1n) is 6.42. The molecule has 1 aliphatic rings. The number of carbonyl (C=O) groups is 1. The molecule has 2 amide bonds. The molecule has 98 valence electrons. The summed E-state index contributed by atoms with van der Waals surface area (Å²) < 4.78 is 5.17. The third kappa shape index (κ3) is 2.62. The lowest BCUT2D eigenvalue weighted by Gasteiger charge is -2.18. The molecule has 1 aromatic heterocycles. The molecule has 0 spiro atoms. The van der Waals surface area contributed by atoms with Crippen LogP contribution >= 0.6 is 0 Å². The predicted octanol–water partition coefficient (Wildman–Crippen LogP) is 2.77. The second-order valence-electron chi connectivity index (χ2n) is 4.84. The molecule has 1 saturated carbocycles. The third-order valence-electron chi connectivity index (χ3n) is 3.43. The Labute approximate surface area is 111 Å². The Bertz CT molecular complexity index is 545. The highest BCUT2D eigenvalue weighted by Crippen LogP contribution is 2.45. The summed E-state index contributed by atoms with van der Waals surface area (Å²) in [4.78, 5) is 11.9. The third-order valence-corrected chi connectivity index (χ3v) is 3.43. The van der Waals surface area contributed by atoms with E-state index in [2.05, 4.69) is 22.8 Å². The monoisotopic (exact) mass is 256 g/mol. The van der Waals surface area contributed by atoms with Crippen molar-refractivity contribution in [1.29, 1.82) is 0 Å². The molecule has 4 nitrogen and oxygen atoms in total. The topological polar surface area (TPSA) is 54.3 Å². The van der Waals surface area contributed by atoms with E-state index in [0.29, 0.717) is 6.54 Å². The van der Waals surface area contributed by atoms with Crippen LogP contribution in [-0.2, 0) is 12.1 Å². The van der Waals surface area contributed by atoms with Gasteiger partial charge in [0.05, 0.1) is 18.3 Å². The first-order valence-corrected chi connectivity index (χ1v) is 6.42. The lowest BCUT2D eigenvalue weighted by atomic mass is 10.1. The molecule has 2 aromatic rings. The quantitative estimate of drug-likeness (QED) is 0.883. The summed E-state index contributed by atoms with van der Waals surface area (Å²) in [6, 6.07) is 13.6. The second kappa shape index (κ2) is 4.80. The van der Waals surface area contributed by atoms with Crippen LogP contribution in [0.1, 0.15) is 24.2 Å². The minimum atomic E-state index is -0.172. The van der Waals surface area contributed by atoms with Crippen molar-refractivity contribution in [2.24, 2.45) is 0 Å². The zero-order chi connectivity index (χ0) is 13.1. The maximum atomic E-state index is 11.9. The van der Waals surface area contributed by atoms with Gasteiger partial charge in [0.2, 0.25) is 0 Å². The summed E-state index contributed by atoms with van der Waals surface area (Å²) >= 11 is 0.